The predicted molar refractivity (Wildman–Crippen MR) is 95.5 cm³/mol. The molecule has 26 heavy (non-hydrogen) atoms. The van der Waals surface area contributed by atoms with Crippen molar-refractivity contribution in [2.75, 3.05) is 43.2 Å². The fourth-order valence-corrected chi connectivity index (χ4v) is 2.48. The minimum Gasteiger partial charge on any atom is -0.504 e. The third-order valence-electron chi connectivity index (χ3n) is 3.73. The number of phenols is 1. The van der Waals surface area contributed by atoms with Crippen LogP contribution in [-0.2, 0) is 4.74 Å². The van der Waals surface area contributed by atoms with Crippen LogP contribution in [0.1, 0.15) is 12.5 Å². The van der Waals surface area contributed by atoms with E-state index in [0.717, 1.165) is 6.20 Å². The molecule has 0 radical (unpaired) electrons. The minimum atomic E-state index is -0.497. The van der Waals surface area contributed by atoms with Crippen LogP contribution in [-0.4, -0.2) is 54.2 Å². The molecule has 0 atom stereocenters. The van der Waals surface area contributed by atoms with E-state index in [0.29, 0.717) is 44.2 Å². The number of ether oxygens (including phenoxy) is 2. The maximum atomic E-state index is 14.0. The van der Waals surface area contributed by atoms with Gasteiger partial charge in [-0.05, 0) is 19.1 Å². The van der Waals surface area contributed by atoms with Crippen LogP contribution in [0.25, 0.3) is 0 Å². The number of phenolic OH excluding ortho intramolecular Hbond substituents is 1. The van der Waals surface area contributed by atoms with Gasteiger partial charge in [-0.3, -0.25) is 0 Å². The highest BCUT2D eigenvalue weighted by Crippen LogP contribution is 2.28. The Morgan fingerprint density at radius 3 is 3.00 bits per heavy atom. The third kappa shape index (κ3) is 4.17. The molecule has 1 aromatic carbocycles. The van der Waals surface area contributed by atoms with E-state index in [-0.39, 0.29) is 17.5 Å². The van der Waals surface area contributed by atoms with Crippen molar-refractivity contribution >= 4 is 18.0 Å². The SMILES string of the molecule is CCOc1cccc(/C=N/Nc2ncc(F)c(N3CCOCC3)n2)c1O. The van der Waals surface area contributed by atoms with E-state index in [1.54, 1.807) is 23.1 Å². The van der Waals surface area contributed by atoms with Crippen LogP contribution in [0.5, 0.6) is 11.5 Å². The summed E-state index contributed by atoms with van der Waals surface area (Å²) < 4.78 is 24.6. The fourth-order valence-electron chi connectivity index (χ4n) is 2.48. The van der Waals surface area contributed by atoms with Crippen LogP contribution in [0.3, 0.4) is 0 Å². The summed E-state index contributed by atoms with van der Waals surface area (Å²) in [6.45, 7) is 4.46. The molecule has 8 nitrogen and oxygen atoms in total. The second-order valence-corrected chi connectivity index (χ2v) is 5.46. The summed E-state index contributed by atoms with van der Waals surface area (Å²) in [5.41, 5.74) is 3.12. The lowest BCUT2D eigenvalue weighted by Crippen LogP contribution is -2.37. The van der Waals surface area contributed by atoms with E-state index in [1.165, 1.54) is 6.21 Å². The summed E-state index contributed by atoms with van der Waals surface area (Å²) in [5, 5.41) is 14.1. The van der Waals surface area contributed by atoms with Crippen molar-refractivity contribution in [3.05, 3.63) is 35.8 Å². The number of nitrogens with one attached hydrogen (secondary N) is 1. The molecule has 0 bridgehead atoms. The lowest BCUT2D eigenvalue weighted by atomic mass is 10.2. The van der Waals surface area contributed by atoms with Crippen molar-refractivity contribution in [2.24, 2.45) is 5.10 Å². The number of halogens is 1. The van der Waals surface area contributed by atoms with Gasteiger partial charge in [0.1, 0.15) is 0 Å². The van der Waals surface area contributed by atoms with Crippen LogP contribution in [0, 0.1) is 5.82 Å². The van der Waals surface area contributed by atoms with Crippen LogP contribution in [0.4, 0.5) is 16.2 Å². The van der Waals surface area contributed by atoms with E-state index in [9.17, 15) is 9.50 Å². The van der Waals surface area contributed by atoms with Crippen LogP contribution >= 0.6 is 0 Å². The zero-order chi connectivity index (χ0) is 18.4. The molecule has 1 aliphatic heterocycles. The summed E-state index contributed by atoms with van der Waals surface area (Å²) in [6, 6.07) is 5.10. The predicted octanol–water partition coefficient (Wildman–Crippen LogP) is 2.00. The van der Waals surface area contributed by atoms with Crippen molar-refractivity contribution in [2.45, 2.75) is 6.92 Å². The summed E-state index contributed by atoms with van der Waals surface area (Å²) in [6.07, 6.45) is 2.52. The van der Waals surface area contributed by atoms with E-state index >= 15 is 0 Å². The number of aromatic hydroxyl groups is 1. The minimum absolute atomic E-state index is 0.00562. The Morgan fingerprint density at radius 2 is 2.23 bits per heavy atom. The van der Waals surface area contributed by atoms with Gasteiger partial charge in [0.2, 0.25) is 5.95 Å². The van der Waals surface area contributed by atoms with Gasteiger partial charge >= 0.3 is 0 Å². The Hall–Kier alpha value is -2.94. The van der Waals surface area contributed by atoms with Gasteiger partial charge < -0.3 is 19.5 Å². The van der Waals surface area contributed by atoms with Gasteiger partial charge in [0.05, 0.1) is 32.2 Å². The maximum absolute atomic E-state index is 14.0. The number of rotatable bonds is 6. The Bertz CT molecular complexity index is 781. The van der Waals surface area contributed by atoms with Gasteiger partial charge in [0, 0.05) is 18.7 Å². The molecule has 138 valence electrons. The van der Waals surface area contributed by atoms with Gasteiger partial charge in [0.25, 0.3) is 0 Å². The van der Waals surface area contributed by atoms with E-state index in [2.05, 4.69) is 20.5 Å². The Kier molecular flexibility index (Phi) is 5.80. The molecule has 0 aliphatic carbocycles. The molecule has 1 saturated heterocycles. The number of hydrazone groups is 1. The quantitative estimate of drug-likeness (QED) is 0.600. The molecular formula is C17H20FN5O3. The molecule has 9 heteroatoms. The Balaban J connectivity index is 1.71. The molecule has 2 heterocycles. The number of aromatic nitrogens is 2. The number of para-hydroxylation sites is 1. The Labute approximate surface area is 150 Å². The molecule has 0 spiro atoms. The molecule has 3 rings (SSSR count). The zero-order valence-electron chi connectivity index (χ0n) is 14.4. The van der Waals surface area contributed by atoms with Crippen LogP contribution in [0.2, 0.25) is 0 Å². The number of nitrogens with zero attached hydrogens (tertiary/aromatic N) is 4. The lowest BCUT2D eigenvalue weighted by molar-refractivity contribution is 0.122. The number of benzene rings is 1. The molecule has 1 aromatic heterocycles. The highest BCUT2D eigenvalue weighted by Gasteiger charge is 2.17. The first-order valence-electron chi connectivity index (χ1n) is 8.28. The maximum Gasteiger partial charge on any atom is 0.245 e. The Morgan fingerprint density at radius 1 is 1.42 bits per heavy atom. The van der Waals surface area contributed by atoms with Crippen molar-refractivity contribution in [1.29, 1.82) is 0 Å². The number of hydrogen-bond acceptors (Lipinski definition) is 8. The van der Waals surface area contributed by atoms with E-state index < -0.39 is 5.82 Å². The smallest absolute Gasteiger partial charge is 0.245 e. The lowest BCUT2D eigenvalue weighted by Gasteiger charge is -2.27. The van der Waals surface area contributed by atoms with Gasteiger partial charge in [-0.1, -0.05) is 6.07 Å². The molecule has 1 fully saturated rings. The molecule has 0 amide bonds. The summed E-state index contributed by atoms with van der Waals surface area (Å²) in [7, 11) is 0. The topological polar surface area (TPSA) is 92.1 Å². The number of anilines is 2. The molecule has 0 unspecified atom stereocenters. The summed E-state index contributed by atoms with van der Waals surface area (Å²) >= 11 is 0. The molecule has 2 aromatic rings. The zero-order valence-corrected chi connectivity index (χ0v) is 14.4. The van der Waals surface area contributed by atoms with Crippen molar-refractivity contribution < 1.29 is 19.0 Å². The van der Waals surface area contributed by atoms with E-state index in [4.69, 9.17) is 9.47 Å². The average Bonchev–Trinajstić information content (AvgIpc) is 2.67. The second-order valence-electron chi connectivity index (χ2n) is 5.46. The van der Waals surface area contributed by atoms with Gasteiger partial charge in [0.15, 0.2) is 23.1 Å². The third-order valence-corrected chi connectivity index (χ3v) is 3.73. The summed E-state index contributed by atoms with van der Waals surface area (Å²) in [4.78, 5) is 9.85. The first kappa shape index (κ1) is 17.9. The van der Waals surface area contributed by atoms with Crippen LogP contribution in [0.15, 0.2) is 29.5 Å². The molecule has 1 aliphatic rings. The summed E-state index contributed by atoms with van der Waals surface area (Å²) in [5.74, 6) is 0.244. The van der Waals surface area contributed by atoms with Crippen molar-refractivity contribution in [1.82, 2.24) is 9.97 Å². The van der Waals surface area contributed by atoms with Gasteiger partial charge in [-0.2, -0.15) is 10.1 Å². The first-order chi connectivity index (χ1) is 12.7. The first-order valence-corrected chi connectivity index (χ1v) is 8.28. The van der Waals surface area contributed by atoms with Gasteiger partial charge in [-0.15, -0.1) is 0 Å². The van der Waals surface area contributed by atoms with Gasteiger partial charge in [-0.25, -0.2) is 14.8 Å². The average molecular weight is 361 g/mol. The van der Waals surface area contributed by atoms with Crippen LogP contribution < -0.4 is 15.1 Å². The molecule has 0 saturated carbocycles. The monoisotopic (exact) mass is 361 g/mol. The number of hydrogen-bond donors (Lipinski definition) is 2. The normalized spacial score (nSPS) is 14.6. The van der Waals surface area contributed by atoms with Crippen molar-refractivity contribution in [3.8, 4) is 11.5 Å². The fraction of sp³-hybridized carbons (Fsp3) is 0.353. The highest BCUT2D eigenvalue weighted by atomic mass is 19.1. The largest absolute Gasteiger partial charge is 0.504 e. The van der Waals surface area contributed by atoms with Crippen molar-refractivity contribution in [3.63, 3.8) is 0 Å². The molecular weight excluding hydrogens is 341 g/mol. The second kappa shape index (κ2) is 8.43. The number of morpholine rings is 1. The van der Waals surface area contributed by atoms with E-state index in [1.807, 2.05) is 6.92 Å². The molecule has 2 N–H and O–H groups in total. The standard InChI is InChI=1S/C17H20FN5O3/c1-2-26-14-5-3-4-12(15(14)24)10-20-22-17-19-11-13(18)16(21-17)23-6-8-25-9-7-23/h3-5,10-11,24H,2,6-9H2,1H3,(H,19,21,22)/b20-10+. The highest BCUT2D eigenvalue weighted by molar-refractivity contribution is 5.85.